The lowest BCUT2D eigenvalue weighted by Gasteiger charge is -2.19. The molecule has 0 bridgehead atoms. The van der Waals surface area contributed by atoms with Crippen molar-refractivity contribution in [2.45, 2.75) is 15.3 Å². The van der Waals surface area contributed by atoms with Gasteiger partial charge in [-0.15, -0.1) is 0 Å². The monoisotopic (exact) mass is 308 g/mol. The lowest BCUT2D eigenvalue weighted by atomic mass is 10.4. The van der Waals surface area contributed by atoms with Crippen LogP contribution in [0.4, 0.5) is 0 Å². The Hall–Kier alpha value is -0.430. The summed E-state index contributed by atoms with van der Waals surface area (Å²) in [5.41, 5.74) is 0. The van der Waals surface area contributed by atoms with Crippen LogP contribution < -0.4 is 0 Å². The molecule has 0 amide bonds. The molecule has 0 aromatic heterocycles. The molecule has 0 fully saturated rings. The second-order valence-electron chi connectivity index (χ2n) is 3.05. The van der Waals surface area contributed by atoms with Gasteiger partial charge in [-0.05, 0) is 12.1 Å². The number of hydrogen-bond donors (Lipinski definition) is 0. The number of alkyl halides is 1. The Balaban J connectivity index is 3.03. The third-order valence-electron chi connectivity index (χ3n) is 2.05. The zero-order valence-corrected chi connectivity index (χ0v) is 11.4. The minimum Gasteiger partial charge on any atom is -0.354 e. The van der Waals surface area contributed by atoms with Crippen molar-refractivity contribution in [2.75, 3.05) is 14.2 Å². The van der Waals surface area contributed by atoms with Gasteiger partial charge in [0, 0.05) is 14.2 Å². The van der Waals surface area contributed by atoms with E-state index in [1.807, 2.05) is 0 Å². The third kappa shape index (κ3) is 2.82. The van der Waals surface area contributed by atoms with E-state index in [0.717, 1.165) is 0 Å². The molecule has 0 spiro atoms. The van der Waals surface area contributed by atoms with Crippen molar-refractivity contribution in [1.29, 1.82) is 0 Å². The smallest absolute Gasteiger partial charge is 0.196 e. The van der Waals surface area contributed by atoms with Gasteiger partial charge in [-0.25, -0.2) is 8.42 Å². The van der Waals surface area contributed by atoms with Crippen LogP contribution in [-0.2, 0) is 19.3 Å². The van der Waals surface area contributed by atoms with Gasteiger partial charge in [-0.2, -0.15) is 0 Å². The molecule has 0 heterocycles. The minimum atomic E-state index is -3.50. The van der Waals surface area contributed by atoms with Gasteiger partial charge < -0.3 is 9.47 Å². The zero-order valence-electron chi connectivity index (χ0n) is 8.96. The van der Waals surface area contributed by atoms with Gasteiger partial charge in [-0.1, -0.05) is 34.1 Å². The van der Waals surface area contributed by atoms with Crippen LogP contribution >= 0.6 is 15.9 Å². The molecular formula is C10H13BrO4S. The number of methoxy groups -OCH3 is 2. The van der Waals surface area contributed by atoms with Gasteiger partial charge in [-0.3, -0.25) is 0 Å². The zero-order chi connectivity index (χ0) is 12.2. The summed E-state index contributed by atoms with van der Waals surface area (Å²) >= 11 is 3.08. The lowest BCUT2D eigenvalue weighted by molar-refractivity contribution is -0.0895. The van der Waals surface area contributed by atoms with E-state index in [9.17, 15) is 8.42 Å². The molecular weight excluding hydrogens is 296 g/mol. The molecule has 0 saturated heterocycles. The van der Waals surface area contributed by atoms with Crippen LogP contribution in [-0.4, -0.2) is 33.1 Å². The number of halogens is 1. The van der Waals surface area contributed by atoms with Gasteiger partial charge in [0.1, 0.15) is 0 Å². The summed E-state index contributed by atoms with van der Waals surface area (Å²) in [6.07, 6.45) is -0.842. The molecule has 0 aliphatic rings. The van der Waals surface area contributed by atoms with Crippen LogP contribution in [0.1, 0.15) is 0 Å². The average molecular weight is 309 g/mol. The third-order valence-corrected chi connectivity index (χ3v) is 5.70. The van der Waals surface area contributed by atoms with E-state index in [1.165, 1.54) is 26.4 Å². The highest BCUT2D eigenvalue weighted by Gasteiger charge is 2.32. The van der Waals surface area contributed by atoms with Gasteiger partial charge in [0.25, 0.3) is 0 Å². The summed E-state index contributed by atoms with van der Waals surface area (Å²) in [4.78, 5) is 0.232. The van der Waals surface area contributed by atoms with Crippen molar-refractivity contribution in [2.24, 2.45) is 0 Å². The van der Waals surface area contributed by atoms with Gasteiger partial charge in [0.05, 0.1) is 4.90 Å². The molecule has 16 heavy (non-hydrogen) atoms. The quantitative estimate of drug-likeness (QED) is 0.615. The highest BCUT2D eigenvalue weighted by atomic mass is 79.9. The standard InChI is InChI=1S/C10H13BrO4S/c1-14-10(15-2)9(11)16(12,13)8-6-4-3-5-7-8/h3-7,9-10H,1-2H3. The summed E-state index contributed by atoms with van der Waals surface area (Å²) in [6.45, 7) is 0. The largest absolute Gasteiger partial charge is 0.354 e. The van der Waals surface area contributed by atoms with Crippen LogP contribution in [0.5, 0.6) is 0 Å². The second kappa shape index (κ2) is 5.77. The second-order valence-corrected chi connectivity index (χ2v) is 6.71. The molecule has 90 valence electrons. The first-order valence-electron chi connectivity index (χ1n) is 4.52. The first-order chi connectivity index (χ1) is 7.54. The fraction of sp³-hybridized carbons (Fsp3) is 0.400. The Morgan fingerprint density at radius 1 is 1.12 bits per heavy atom. The maximum atomic E-state index is 12.1. The van der Waals surface area contributed by atoms with Crippen molar-refractivity contribution in [1.82, 2.24) is 0 Å². The van der Waals surface area contributed by atoms with Crippen LogP contribution in [0.3, 0.4) is 0 Å². The molecule has 0 aliphatic carbocycles. The van der Waals surface area contributed by atoms with E-state index in [1.54, 1.807) is 18.2 Å². The van der Waals surface area contributed by atoms with Crippen LogP contribution in [0.25, 0.3) is 0 Å². The molecule has 1 atom stereocenters. The molecule has 0 N–H and O–H groups in total. The maximum absolute atomic E-state index is 12.1. The summed E-state index contributed by atoms with van der Waals surface area (Å²) in [5.74, 6) is 0. The molecule has 1 rings (SSSR count). The lowest BCUT2D eigenvalue weighted by Crippen LogP contribution is -2.32. The highest BCUT2D eigenvalue weighted by molar-refractivity contribution is 9.11. The molecule has 0 aliphatic heterocycles. The van der Waals surface area contributed by atoms with Crippen LogP contribution in [0.15, 0.2) is 35.2 Å². The molecule has 4 nitrogen and oxygen atoms in total. The molecule has 1 aromatic rings. The van der Waals surface area contributed by atoms with Crippen molar-refractivity contribution >= 4 is 25.8 Å². The number of ether oxygens (including phenoxy) is 2. The number of hydrogen-bond acceptors (Lipinski definition) is 4. The summed E-state index contributed by atoms with van der Waals surface area (Å²) in [6, 6.07) is 8.16. The first kappa shape index (κ1) is 13.6. The molecule has 1 aromatic carbocycles. The predicted octanol–water partition coefficient (Wildman–Crippen LogP) is 1.80. The Bertz CT molecular complexity index is 414. The molecule has 0 radical (unpaired) electrons. The van der Waals surface area contributed by atoms with Crippen molar-refractivity contribution in [3.8, 4) is 0 Å². The Labute approximate surface area is 104 Å². The van der Waals surface area contributed by atoms with E-state index in [-0.39, 0.29) is 4.90 Å². The predicted molar refractivity (Wildman–Crippen MR) is 64.1 cm³/mol. The highest BCUT2D eigenvalue weighted by Crippen LogP contribution is 2.24. The SMILES string of the molecule is COC(OC)C(Br)S(=O)(=O)c1ccccc1. The van der Waals surface area contributed by atoms with Gasteiger partial charge in [0.2, 0.25) is 0 Å². The Morgan fingerprint density at radius 2 is 1.62 bits per heavy atom. The fourth-order valence-electron chi connectivity index (χ4n) is 1.20. The van der Waals surface area contributed by atoms with Crippen molar-refractivity contribution in [3.63, 3.8) is 0 Å². The van der Waals surface area contributed by atoms with Crippen LogP contribution in [0, 0.1) is 0 Å². The Kier molecular flexibility index (Phi) is 4.91. The molecule has 1 unspecified atom stereocenters. The maximum Gasteiger partial charge on any atom is 0.196 e. The van der Waals surface area contributed by atoms with Crippen molar-refractivity contribution in [3.05, 3.63) is 30.3 Å². The van der Waals surface area contributed by atoms with E-state index >= 15 is 0 Å². The minimum absolute atomic E-state index is 0.232. The van der Waals surface area contributed by atoms with Gasteiger partial charge in [0.15, 0.2) is 20.3 Å². The number of benzene rings is 1. The van der Waals surface area contributed by atoms with E-state index < -0.39 is 20.3 Å². The summed E-state index contributed by atoms with van der Waals surface area (Å²) < 4.78 is 33.1. The van der Waals surface area contributed by atoms with E-state index in [2.05, 4.69) is 15.9 Å². The number of sulfone groups is 1. The fourth-order valence-corrected chi connectivity index (χ4v) is 3.59. The number of rotatable bonds is 5. The summed E-state index contributed by atoms with van der Waals surface area (Å²) in [7, 11) is -0.712. The van der Waals surface area contributed by atoms with E-state index in [4.69, 9.17) is 9.47 Å². The topological polar surface area (TPSA) is 52.6 Å². The normalized spacial score (nSPS) is 14.0. The van der Waals surface area contributed by atoms with Gasteiger partial charge >= 0.3 is 0 Å². The first-order valence-corrected chi connectivity index (χ1v) is 6.99. The van der Waals surface area contributed by atoms with Crippen LogP contribution in [0.2, 0.25) is 0 Å². The summed E-state index contributed by atoms with van der Waals surface area (Å²) in [5, 5.41) is 0. The van der Waals surface area contributed by atoms with E-state index in [0.29, 0.717) is 0 Å². The Morgan fingerprint density at radius 3 is 2.06 bits per heavy atom. The molecule has 6 heteroatoms. The average Bonchev–Trinajstić information content (AvgIpc) is 2.31. The molecule has 0 saturated carbocycles. The van der Waals surface area contributed by atoms with Crippen molar-refractivity contribution < 1.29 is 17.9 Å².